The largest absolute Gasteiger partial charge is 0.492 e. The first-order valence-corrected chi connectivity index (χ1v) is 10.9. The summed E-state index contributed by atoms with van der Waals surface area (Å²) in [5.74, 6) is 0.195. The summed E-state index contributed by atoms with van der Waals surface area (Å²) < 4.78 is 6.52. The summed E-state index contributed by atoms with van der Waals surface area (Å²) in [4.78, 5) is 25.2. The van der Waals surface area contributed by atoms with E-state index in [-0.39, 0.29) is 11.0 Å². The number of para-hydroxylation sites is 1. The van der Waals surface area contributed by atoms with Crippen LogP contribution in [0.5, 0.6) is 5.75 Å². The number of thiocarbonyl (C=S) groups is 1. The summed E-state index contributed by atoms with van der Waals surface area (Å²) >= 11 is 8.68. The molecule has 0 fully saturated rings. The van der Waals surface area contributed by atoms with E-state index in [2.05, 4.69) is 31.9 Å². The van der Waals surface area contributed by atoms with Crippen molar-refractivity contribution in [2.75, 3.05) is 18.5 Å². The first-order chi connectivity index (χ1) is 14.3. The molecule has 3 N–H and O–H groups in total. The van der Waals surface area contributed by atoms with Gasteiger partial charge in [-0.2, -0.15) is 0 Å². The average molecular weight is 492 g/mol. The van der Waals surface area contributed by atoms with Crippen molar-refractivity contribution in [1.82, 2.24) is 10.6 Å². The van der Waals surface area contributed by atoms with Crippen LogP contribution in [0.25, 0.3) is 0 Å². The van der Waals surface area contributed by atoms with Gasteiger partial charge in [0.15, 0.2) is 5.11 Å². The number of benzene rings is 2. The van der Waals surface area contributed by atoms with Gasteiger partial charge in [0.2, 0.25) is 0 Å². The number of nitrogens with one attached hydrogen (secondary N) is 3. The van der Waals surface area contributed by atoms with Crippen molar-refractivity contribution in [2.24, 2.45) is 5.92 Å². The van der Waals surface area contributed by atoms with E-state index in [0.717, 1.165) is 10.9 Å². The fourth-order valence-electron chi connectivity index (χ4n) is 2.51. The maximum atomic E-state index is 12.8. The van der Waals surface area contributed by atoms with Crippen LogP contribution in [0.15, 0.2) is 46.9 Å². The maximum absolute atomic E-state index is 12.8. The molecular formula is C22H26BrN3O3S. The van der Waals surface area contributed by atoms with E-state index in [0.29, 0.717) is 41.6 Å². The molecule has 160 valence electrons. The molecule has 0 atom stereocenters. The van der Waals surface area contributed by atoms with Crippen molar-refractivity contribution < 1.29 is 14.3 Å². The van der Waals surface area contributed by atoms with E-state index >= 15 is 0 Å². The van der Waals surface area contributed by atoms with E-state index in [1.54, 1.807) is 36.4 Å². The van der Waals surface area contributed by atoms with Crippen LogP contribution in [0.1, 0.15) is 47.9 Å². The van der Waals surface area contributed by atoms with Crippen LogP contribution in [-0.2, 0) is 0 Å². The molecule has 0 aliphatic rings. The zero-order valence-corrected chi connectivity index (χ0v) is 19.7. The minimum atomic E-state index is -0.402. The molecule has 0 bridgehead atoms. The second-order valence-corrected chi connectivity index (χ2v) is 8.38. The van der Waals surface area contributed by atoms with E-state index in [9.17, 15) is 9.59 Å². The van der Waals surface area contributed by atoms with Crippen LogP contribution in [0, 0.1) is 5.92 Å². The van der Waals surface area contributed by atoms with Crippen molar-refractivity contribution in [3.63, 3.8) is 0 Å². The van der Waals surface area contributed by atoms with Crippen molar-refractivity contribution >= 4 is 50.8 Å². The predicted molar refractivity (Wildman–Crippen MR) is 127 cm³/mol. The number of amides is 2. The van der Waals surface area contributed by atoms with Gasteiger partial charge in [-0.15, -0.1) is 0 Å². The molecule has 0 heterocycles. The molecule has 0 aliphatic heterocycles. The van der Waals surface area contributed by atoms with Gasteiger partial charge in [0.25, 0.3) is 11.8 Å². The van der Waals surface area contributed by atoms with Gasteiger partial charge in [-0.25, -0.2) is 0 Å². The van der Waals surface area contributed by atoms with Gasteiger partial charge >= 0.3 is 0 Å². The van der Waals surface area contributed by atoms with Gasteiger partial charge < -0.3 is 15.4 Å². The molecule has 0 saturated heterocycles. The first-order valence-electron chi connectivity index (χ1n) is 9.73. The Labute approximate surface area is 190 Å². The molecule has 0 aromatic heterocycles. The molecule has 30 heavy (non-hydrogen) atoms. The zero-order valence-electron chi connectivity index (χ0n) is 17.3. The number of carbonyl (C=O) groups is 2. The highest BCUT2D eigenvalue weighted by Gasteiger charge is 2.17. The Balaban J connectivity index is 2.12. The number of hydrogen-bond acceptors (Lipinski definition) is 4. The Kier molecular flexibility index (Phi) is 9.26. The van der Waals surface area contributed by atoms with E-state index in [4.69, 9.17) is 17.0 Å². The first kappa shape index (κ1) is 23.8. The normalized spacial score (nSPS) is 10.4. The molecule has 2 aromatic rings. The highest BCUT2D eigenvalue weighted by atomic mass is 79.9. The number of hydrogen-bond donors (Lipinski definition) is 3. The van der Waals surface area contributed by atoms with E-state index < -0.39 is 5.91 Å². The van der Waals surface area contributed by atoms with Gasteiger partial charge in [0, 0.05) is 11.0 Å². The number of carbonyl (C=O) groups excluding carboxylic acids is 2. The van der Waals surface area contributed by atoms with E-state index in [1.807, 2.05) is 26.8 Å². The molecule has 2 aromatic carbocycles. The highest BCUT2D eigenvalue weighted by molar-refractivity contribution is 9.10. The third kappa shape index (κ3) is 7.11. The Hall–Kier alpha value is -2.45. The predicted octanol–water partition coefficient (Wildman–Crippen LogP) is 4.75. The highest BCUT2D eigenvalue weighted by Crippen LogP contribution is 2.24. The molecule has 0 spiro atoms. The Morgan fingerprint density at radius 2 is 1.83 bits per heavy atom. The molecule has 8 heteroatoms. The SMILES string of the molecule is CCCNC(=O)c1ccccc1NC(=S)NC(=O)c1cc(Br)ccc1OCC(C)C. The standard InChI is InChI=1S/C22H26BrN3O3S/c1-4-11-24-20(27)16-7-5-6-8-18(16)25-22(30)26-21(28)17-12-15(23)9-10-19(17)29-13-14(2)3/h5-10,12,14H,4,11,13H2,1-3H3,(H,24,27)(H2,25,26,28,30). The lowest BCUT2D eigenvalue weighted by molar-refractivity contribution is 0.0952. The van der Waals surface area contributed by atoms with Gasteiger partial charge in [0.1, 0.15) is 5.75 Å². The van der Waals surface area contributed by atoms with Gasteiger partial charge in [-0.05, 0) is 54.9 Å². The lowest BCUT2D eigenvalue weighted by Gasteiger charge is -2.16. The maximum Gasteiger partial charge on any atom is 0.261 e. The van der Waals surface area contributed by atoms with Crippen molar-refractivity contribution in [3.8, 4) is 5.75 Å². The minimum Gasteiger partial charge on any atom is -0.492 e. The molecule has 2 amide bonds. The van der Waals surface area contributed by atoms with Crippen LogP contribution >= 0.6 is 28.1 Å². The summed E-state index contributed by atoms with van der Waals surface area (Å²) in [5.41, 5.74) is 1.33. The number of ether oxygens (including phenoxy) is 1. The van der Waals surface area contributed by atoms with E-state index in [1.165, 1.54) is 0 Å². The second-order valence-electron chi connectivity index (χ2n) is 7.06. The molecule has 0 aliphatic carbocycles. The summed E-state index contributed by atoms with van der Waals surface area (Å²) in [6.45, 7) is 7.12. The monoisotopic (exact) mass is 491 g/mol. The van der Waals surface area contributed by atoms with Gasteiger partial charge in [-0.1, -0.05) is 48.8 Å². The van der Waals surface area contributed by atoms with Crippen LogP contribution in [0.3, 0.4) is 0 Å². The molecule has 2 rings (SSSR count). The molecule has 6 nitrogen and oxygen atoms in total. The van der Waals surface area contributed by atoms with Crippen LogP contribution < -0.4 is 20.7 Å². The topological polar surface area (TPSA) is 79.5 Å². The smallest absolute Gasteiger partial charge is 0.261 e. The molecular weight excluding hydrogens is 466 g/mol. The number of halogens is 1. The summed E-state index contributed by atoms with van der Waals surface area (Å²) in [7, 11) is 0. The van der Waals surface area contributed by atoms with Gasteiger partial charge in [0.05, 0.1) is 23.4 Å². The van der Waals surface area contributed by atoms with Gasteiger partial charge in [-0.3, -0.25) is 14.9 Å². The van der Waals surface area contributed by atoms with Crippen LogP contribution in [0.4, 0.5) is 5.69 Å². The fraction of sp³-hybridized carbons (Fsp3) is 0.318. The Bertz CT molecular complexity index is 918. The summed E-state index contributed by atoms with van der Waals surface area (Å²) in [6, 6.07) is 12.2. The summed E-state index contributed by atoms with van der Waals surface area (Å²) in [5, 5.41) is 8.52. The van der Waals surface area contributed by atoms with Crippen molar-refractivity contribution in [2.45, 2.75) is 27.2 Å². The quantitative estimate of drug-likeness (QED) is 0.464. The third-order valence-electron chi connectivity index (χ3n) is 3.94. The second kappa shape index (κ2) is 11.7. The Morgan fingerprint density at radius 3 is 2.53 bits per heavy atom. The third-order valence-corrected chi connectivity index (χ3v) is 4.64. The molecule has 0 saturated carbocycles. The Morgan fingerprint density at radius 1 is 1.10 bits per heavy atom. The average Bonchev–Trinajstić information content (AvgIpc) is 2.71. The molecule has 0 radical (unpaired) electrons. The lowest BCUT2D eigenvalue weighted by atomic mass is 10.1. The fourth-order valence-corrected chi connectivity index (χ4v) is 3.07. The van der Waals surface area contributed by atoms with Crippen molar-refractivity contribution in [3.05, 3.63) is 58.1 Å². The summed E-state index contributed by atoms with van der Waals surface area (Å²) in [6.07, 6.45) is 0.837. The molecule has 0 unspecified atom stereocenters. The van der Waals surface area contributed by atoms with Crippen LogP contribution in [0.2, 0.25) is 0 Å². The van der Waals surface area contributed by atoms with Crippen molar-refractivity contribution in [1.29, 1.82) is 0 Å². The minimum absolute atomic E-state index is 0.0885. The lowest BCUT2D eigenvalue weighted by Crippen LogP contribution is -2.35. The number of anilines is 1. The van der Waals surface area contributed by atoms with Crippen LogP contribution in [-0.4, -0.2) is 30.1 Å². The zero-order chi connectivity index (χ0) is 22.1. The number of rotatable bonds is 8.